The summed E-state index contributed by atoms with van der Waals surface area (Å²) in [5.41, 5.74) is 2.63. The molecule has 3 amide bonds. The lowest BCUT2D eigenvalue weighted by molar-refractivity contribution is -0.119. The van der Waals surface area contributed by atoms with Crippen LogP contribution in [0.3, 0.4) is 0 Å². The third-order valence-corrected chi connectivity index (χ3v) is 3.92. The van der Waals surface area contributed by atoms with Gasteiger partial charge in [-0.2, -0.15) is 0 Å². The molecule has 0 radical (unpaired) electrons. The number of carbonyl (C=O) groups is 2. The van der Waals surface area contributed by atoms with Crippen molar-refractivity contribution in [2.75, 3.05) is 11.9 Å². The van der Waals surface area contributed by atoms with E-state index in [1.807, 2.05) is 31.2 Å². The second kappa shape index (κ2) is 8.36. The van der Waals surface area contributed by atoms with Gasteiger partial charge in [0, 0.05) is 24.7 Å². The Kier molecular flexibility index (Phi) is 6.20. The quantitative estimate of drug-likeness (QED) is 0.706. The van der Waals surface area contributed by atoms with Crippen LogP contribution in [0, 0.1) is 5.92 Å². The minimum Gasteiger partial charge on any atom is -0.334 e. The molecule has 1 aromatic rings. The summed E-state index contributed by atoms with van der Waals surface area (Å²) in [4.78, 5) is 23.8. The summed E-state index contributed by atoms with van der Waals surface area (Å²) < 4.78 is 0. The first-order valence-corrected chi connectivity index (χ1v) is 8.10. The molecule has 1 fully saturated rings. The Labute approximate surface area is 137 Å². The van der Waals surface area contributed by atoms with Crippen LogP contribution in [-0.4, -0.2) is 18.5 Å². The Hall–Kier alpha value is -2.30. The van der Waals surface area contributed by atoms with Crippen molar-refractivity contribution in [2.24, 2.45) is 5.92 Å². The van der Waals surface area contributed by atoms with E-state index >= 15 is 0 Å². The molecule has 1 saturated carbocycles. The van der Waals surface area contributed by atoms with Crippen molar-refractivity contribution >= 4 is 17.6 Å². The van der Waals surface area contributed by atoms with Crippen LogP contribution >= 0.6 is 0 Å². The van der Waals surface area contributed by atoms with Crippen LogP contribution < -0.4 is 16.0 Å². The number of urea groups is 1. The van der Waals surface area contributed by atoms with Crippen LogP contribution in [0.4, 0.5) is 10.5 Å². The topological polar surface area (TPSA) is 70.2 Å². The maximum absolute atomic E-state index is 12.1. The molecule has 1 aromatic carbocycles. The summed E-state index contributed by atoms with van der Waals surface area (Å²) in [6, 6.07) is 7.34. The van der Waals surface area contributed by atoms with Crippen LogP contribution in [0.1, 0.15) is 38.2 Å². The summed E-state index contributed by atoms with van der Waals surface area (Å²) in [7, 11) is 0. The fourth-order valence-corrected chi connectivity index (χ4v) is 2.67. The smallest absolute Gasteiger partial charge is 0.315 e. The molecule has 1 aliphatic carbocycles. The standard InChI is InChI=1S/C18H25N3O2/c1-13(2)11-19-18(23)20-12-14-6-5-9-16(10-14)21-17(22)15-7-3-4-8-15/h5-6,9-10,15H,1,3-4,7-8,11-12H2,2H3,(H,21,22)(H2,19,20,23). The maximum atomic E-state index is 12.1. The SMILES string of the molecule is C=C(C)CNC(=O)NCc1cccc(NC(=O)C2CCCC2)c1. The maximum Gasteiger partial charge on any atom is 0.315 e. The highest BCUT2D eigenvalue weighted by Crippen LogP contribution is 2.26. The lowest BCUT2D eigenvalue weighted by Gasteiger charge is -2.12. The Morgan fingerprint density at radius 2 is 1.96 bits per heavy atom. The van der Waals surface area contributed by atoms with Gasteiger partial charge in [0.25, 0.3) is 0 Å². The number of benzene rings is 1. The predicted octanol–water partition coefficient (Wildman–Crippen LogP) is 3.19. The van der Waals surface area contributed by atoms with Crippen molar-refractivity contribution in [3.8, 4) is 0 Å². The third-order valence-electron chi connectivity index (χ3n) is 3.92. The van der Waals surface area contributed by atoms with Crippen LogP contribution in [0.5, 0.6) is 0 Å². The summed E-state index contributed by atoms with van der Waals surface area (Å²) in [5.74, 6) is 0.247. The van der Waals surface area contributed by atoms with Crippen LogP contribution in [0.2, 0.25) is 0 Å². The molecule has 0 aromatic heterocycles. The van der Waals surface area contributed by atoms with Crippen molar-refractivity contribution in [1.29, 1.82) is 0 Å². The van der Waals surface area contributed by atoms with Crippen molar-refractivity contribution in [2.45, 2.75) is 39.2 Å². The van der Waals surface area contributed by atoms with E-state index in [1.54, 1.807) is 0 Å². The number of amides is 3. The summed E-state index contributed by atoms with van der Waals surface area (Å²) in [6.07, 6.45) is 4.24. The molecule has 5 heteroatoms. The Morgan fingerprint density at radius 1 is 1.22 bits per heavy atom. The zero-order valence-corrected chi connectivity index (χ0v) is 13.7. The van der Waals surface area contributed by atoms with Crippen molar-refractivity contribution in [3.63, 3.8) is 0 Å². The fourth-order valence-electron chi connectivity index (χ4n) is 2.67. The first kappa shape index (κ1) is 17.1. The molecule has 2 rings (SSSR count). The Balaban J connectivity index is 1.83. The highest BCUT2D eigenvalue weighted by Gasteiger charge is 2.22. The van der Waals surface area contributed by atoms with Gasteiger partial charge in [-0.1, -0.05) is 37.1 Å². The van der Waals surface area contributed by atoms with E-state index in [0.29, 0.717) is 13.1 Å². The monoisotopic (exact) mass is 315 g/mol. The van der Waals surface area contributed by atoms with E-state index in [4.69, 9.17) is 0 Å². The first-order valence-electron chi connectivity index (χ1n) is 8.10. The summed E-state index contributed by atoms with van der Waals surface area (Å²) >= 11 is 0. The molecule has 23 heavy (non-hydrogen) atoms. The molecule has 3 N–H and O–H groups in total. The van der Waals surface area contributed by atoms with Crippen molar-refractivity contribution in [1.82, 2.24) is 10.6 Å². The number of anilines is 1. The van der Waals surface area contributed by atoms with Gasteiger partial charge in [0.1, 0.15) is 0 Å². The molecule has 0 aliphatic heterocycles. The van der Waals surface area contributed by atoms with E-state index in [-0.39, 0.29) is 17.9 Å². The highest BCUT2D eigenvalue weighted by atomic mass is 16.2. The average Bonchev–Trinajstić information content (AvgIpc) is 3.06. The van der Waals surface area contributed by atoms with Gasteiger partial charge in [-0.15, -0.1) is 0 Å². The molecule has 124 valence electrons. The lowest BCUT2D eigenvalue weighted by atomic mass is 10.1. The van der Waals surface area contributed by atoms with E-state index in [2.05, 4.69) is 22.5 Å². The Bertz CT molecular complexity index is 577. The van der Waals surface area contributed by atoms with Crippen LogP contribution in [0.25, 0.3) is 0 Å². The number of nitrogens with one attached hydrogen (secondary N) is 3. The van der Waals surface area contributed by atoms with Gasteiger partial charge in [0.05, 0.1) is 0 Å². The van der Waals surface area contributed by atoms with Gasteiger partial charge >= 0.3 is 6.03 Å². The first-order chi connectivity index (χ1) is 11.0. The number of hydrogen-bond acceptors (Lipinski definition) is 2. The van der Waals surface area contributed by atoms with Gasteiger partial charge < -0.3 is 16.0 Å². The molecule has 0 heterocycles. The van der Waals surface area contributed by atoms with E-state index in [1.165, 1.54) is 0 Å². The van der Waals surface area contributed by atoms with Crippen LogP contribution in [-0.2, 0) is 11.3 Å². The largest absolute Gasteiger partial charge is 0.334 e. The molecular formula is C18H25N3O2. The van der Waals surface area contributed by atoms with E-state index in [0.717, 1.165) is 42.5 Å². The predicted molar refractivity (Wildman–Crippen MR) is 92.1 cm³/mol. The van der Waals surface area contributed by atoms with Gasteiger partial charge in [-0.3, -0.25) is 4.79 Å². The lowest BCUT2D eigenvalue weighted by Crippen LogP contribution is -2.35. The van der Waals surface area contributed by atoms with Crippen molar-refractivity contribution in [3.05, 3.63) is 42.0 Å². The summed E-state index contributed by atoms with van der Waals surface area (Å²) in [5, 5.41) is 8.48. The molecule has 0 unspecified atom stereocenters. The Morgan fingerprint density at radius 3 is 2.65 bits per heavy atom. The molecule has 0 bridgehead atoms. The fraction of sp³-hybridized carbons (Fsp3) is 0.444. The van der Waals surface area contributed by atoms with Gasteiger partial charge in [0.15, 0.2) is 0 Å². The minimum atomic E-state index is -0.228. The molecule has 0 atom stereocenters. The molecule has 5 nitrogen and oxygen atoms in total. The van der Waals surface area contributed by atoms with Gasteiger partial charge in [-0.05, 0) is 37.5 Å². The number of rotatable bonds is 6. The second-order valence-electron chi connectivity index (χ2n) is 6.16. The van der Waals surface area contributed by atoms with Crippen LogP contribution in [0.15, 0.2) is 36.4 Å². The highest BCUT2D eigenvalue weighted by molar-refractivity contribution is 5.92. The third kappa shape index (κ3) is 5.77. The normalized spacial score (nSPS) is 14.3. The number of carbonyl (C=O) groups excluding carboxylic acids is 2. The van der Waals surface area contributed by atoms with Gasteiger partial charge in [0.2, 0.25) is 5.91 Å². The minimum absolute atomic E-state index is 0.104. The molecular weight excluding hydrogens is 290 g/mol. The molecule has 0 saturated heterocycles. The zero-order valence-electron chi connectivity index (χ0n) is 13.7. The molecule has 0 spiro atoms. The molecule has 1 aliphatic rings. The van der Waals surface area contributed by atoms with Crippen molar-refractivity contribution < 1.29 is 9.59 Å². The summed E-state index contributed by atoms with van der Waals surface area (Å²) in [6.45, 7) is 6.47. The van der Waals surface area contributed by atoms with E-state index in [9.17, 15) is 9.59 Å². The van der Waals surface area contributed by atoms with Gasteiger partial charge in [-0.25, -0.2) is 4.79 Å². The number of hydrogen-bond donors (Lipinski definition) is 3. The average molecular weight is 315 g/mol. The second-order valence-corrected chi connectivity index (χ2v) is 6.16. The zero-order chi connectivity index (χ0) is 16.7. The van der Waals surface area contributed by atoms with E-state index < -0.39 is 0 Å².